The van der Waals surface area contributed by atoms with Crippen LogP contribution in [0.15, 0.2) is 0 Å². The van der Waals surface area contributed by atoms with Crippen molar-refractivity contribution < 1.29 is 24.5 Å². The van der Waals surface area contributed by atoms with Crippen LogP contribution in [0.1, 0.15) is 20.3 Å². The fraction of sp³-hybridized carbons (Fsp3) is 0.875. The summed E-state index contributed by atoms with van der Waals surface area (Å²) in [6.45, 7) is 2.91. The van der Waals surface area contributed by atoms with Gasteiger partial charge in [0.15, 0.2) is 12.4 Å². The number of carbonyl (C=O) groups excluding carboxylic acids is 1. The topological polar surface area (TPSA) is 76.0 Å². The fourth-order valence-electron chi connectivity index (χ4n) is 1.40. The zero-order chi connectivity index (χ0) is 10.0. The lowest BCUT2D eigenvalue weighted by Gasteiger charge is -2.35. The van der Waals surface area contributed by atoms with Crippen LogP contribution in [-0.4, -0.2) is 40.8 Å². The van der Waals surface area contributed by atoms with Gasteiger partial charge >= 0.3 is 5.97 Å². The van der Waals surface area contributed by atoms with Crippen LogP contribution < -0.4 is 0 Å². The molecule has 1 heterocycles. The minimum atomic E-state index is -0.975. The Bertz CT molecular complexity index is 181. The molecule has 0 aliphatic carbocycles. The summed E-state index contributed by atoms with van der Waals surface area (Å²) in [6, 6.07) is 0. The highest BCUT2D eigenvalue weighted by Crippen LogP contribution is 2.21. The molecule has 2 N–H and O–H groups in total. The van der Waals surface area contributed by atoms with Gasteiger partial charge in [0, 0.05) is 13.3 Å². The van der Waals surface area contributed by atoms with Crippen LogP contribution in [0.4, 0.5) is 0 Å². The number of rotatable bonds is 1. The average Bonchev–Trinajstić information content (AvgIpc) is 1.96. The van der Waals surface area contributed by atoms with Gasteiger partial charge in [0.1, 0.15) is 0 Å². The van der Waals surface area contributed by atoms with Crippen LogP contribution in [0.2, 0.25) is 0 Å². The molecular formula is C8H14O5. The van der Waals surface area contributed by atoms with E-state index in [-0.39, 0.29) is 6.42 Å². The highest BCUT2D eigenvalue weighted by molar-refractivity contribution is 5.66. The first kappa shape index (κ1) is 10.4. The van der Waals surface area contributed by atoms with E-state index in [2.05, 4.69) is 0 Å². The minimum absolute atomic E-state index is 0.0717. The number of aliphatic hydroxyl groups is 2. The lowest BCUT2D eigenvalue weighted by molar-refractivity contribution is -0.235. The first-order chi connectivity index (χ1) is 6.00. The van der Waals surface area contributed by atoms with Gasteiger partial charge in [-0.25, -0.2) is 0 Å². The molecule has 0 amide bonds. The maximum Gasteiger partial charge on any atom is 0.303 e. The second-order valence-electron chi connectivity index (χ2n) is 3.17. The van der Waals surface area contributed by atoms with Gasteiger partial charge in [-0.15, -0.1) is 0 Å². The van der Waals surface area contributed by atoms with E-state index in [9.17, 15) is 9.90 Å². The van der Waals surface area contributed by atoms with Crippen LogP contribution in [0.3, 0.4) is 0 Å². The monoisotopic (exact) mass is 190 g/mol. The molecule has 4 atom stereocenters. The fourth-order valence-corrected chi connectivity index (χ4v) is 1.40. The quantitative estimate of drug-likeness (QED) is 0.540. The summed E-state index contributed by atoms with van der Waals surface area (Å²) < 4.78 is 9.83. The largest absolute Gasteiger partial charge is 0.457 e. The number of ether oxygens (including phenoxy) is 2. The number of hydrogen-bond acceptors (Lipinski definition) is 5. The average molecular weight is 190 g/mol. The van der Waals surface area contributed by atoms with Gasteiger partial charge in [0.05, 0.1) is 12.2 Å². The van der Waals surface area contributed by atoms with Gasteiger partial charge in [-0.05, 0) is 6.92 Å². The zero-order valence-corrected chi connectivity index (χ0v) is 7.64. The highest BCUT2D eigenvalue weighted by Gasteiger charge is 2.36. The smallest absolute Gasteiger partial charge is 0.303 e. The van der Waals surface area contributed by atoms with E-state index in [1.165, 1.54) is 6.92 Å². The standard InChI is InChI=1S/C8H14O5/c1-4-8(13-5(2)9)6(10)3-7(11)12-4/h4,6-8,10-11H,3H2,1-2H3/t4-,6-,7?,8+/m1/s1. The summed E-state index contributed by atoms with van der Waals surface area (Å²) in [7, 11) is 0. The number of aliphatic hydroxyl groups excluding tert-OH is 2. The molecule has 1 saturated heterocycles. The summed E-state index contributed by atoms with van der Waals surface area (Å²) in [5.41, 5.74) is 0. The Morgan fingerprint density at radius 3 is 2.62 bits per heavy atom. The van der Waals surface area contributed by atoms with Crippen molar-refractivity contribution in [2.45, 2.75) is 44.9 Å². The van der Waals surface area contributed by atoms with E-state index in [0.29, 0.717) is 0 Å². The van der Waals surface area contributed by atoms with Crippen LogP contribution in [0.5, 0.6) is 0 Å². The normalized spacial score (nSPS) is 40.0. The van der Waals surface area contributed by atoms with Crippen LogP contribution in [0.25, 0.3) is 0 Å². The zero-order valence-electron chi connectivity index (χ0n) is 7.64. The molecule has 13 heavy (non-hydrogen) atoms. The summed E-state index contributed by atoms with van der Waals surface area (Å²) in [5, 5.41) is 18.5. The Balaban J connectivity index is 2.56. The van der Waals surface area contributed by atoms with Crippen molar-refractivity contribution >= 4 is 5.97 Å². The molecule has 76 valence electrons. The molecule has 0 radical (unpaired) electrons. The lowest BCUT2D eigenvalue weighted by Crippen LogP contribution is -2.48. The minimum Gasteiger partial charge on any atom is -0.457 e. The molecule has 1 aliphatic rings. The molecule has 5 nitrogen and oxygen atoms in total. The lowest BCUT2D eigenvalue weighted by atomic mass is 10.0. The first-order valence-corrected chi connectivity index (χ1v) is 4.19. The van der Waals surface area contributed by atoms with Crippen molar-refractivity contribution in [2.75, 3.05) is 0 Å². The molecule has 0 bridgehead atoms. The third kappa shape index (κ3) is 2.65. The Kier molecular flexibility index (Phi) is 3.24. The Labute approximate surface area is 76.3 Å². The molecule has 5 heteroatoms. The Morgan fingerprint density at radius 1 is 1.54 bits per heavy atom. The molecule has 0 aromatic rings. The molecule has 1 rings (SSSR count). The molecule has 1 fully saturated rings. The van der Waals surface area contributed by atoms with E-state index < -0.39 is 30.6 Å². The van der Waals surface area contributed by atoms with Gasteiger partial charge in [-0.3, -0.25) is 4.79 Å². The van der Waals surface area contributed by atoms with E-state index in [0.717, 1.165) is 0 Å². The van der Waals surface area contributed by atoms with E-state index >= 15 is 0 Å². The Morgan fingerprint density at radius 2 is 2.15 bits per heavy atom. The maximum absolute atomic E-state index is 10.6. The van der Waals surface area contributed by atoms with Gasteiger partial charge in [0.2, 0.25) is 0 Å². The predicted molar refractivity (Wildman–Crippen MR) is 42.7 cm³/mol. The van der Waals surface area contributed by atoms with Crippen LogP contribution in [0, 0.1) is 0 Å². The first-order valence-electron chi connectivity index (χ1n) is 4.19. The molecule has 0 saturated carbocycles. The molecular weight excluding hydrogens is 176 g/mol. The van der Waals surface area contributed by atoms with E-state index in [4.69, 9.17) is 14.6 Å². The van der Waals surface area contributed by atoms with Crippen molar-refractivity contribution in [3.8, 4) is 0 Å². The summed E-state index contributed by atoms with van der Waals surface area (Å²) >= 11 is 0. The SMILES string of the molecule is CC(=O)O[C@@H]1[C@H](O)CC(O)O[C@@H]1C. The van der Waals surface area contributed by atoms with Crippen molar-refractivity contribution in [1.82, 2.24) is 0 Å². The molecule has 1 aliphatic heterocycles. The maximum atomic E-state index is 10.6. The van der Waals surface area contributed by atoms with Crippen LogP contribution >= 0.6 is 0 Å². The highest BCUT2D eigenvalue weighted by atomic mass is 16.6. The van der Waals surface area contributed by atoms with Crippen molar-refractivity contribution in [3.63, 3.8) is 0 Å². The predicted octanol–water partition coefficient (Wildman–Crippen LogP) is -0.594. The third-order valence-corrected chi connectivity index (χ3v) is 1.96. The number of carbonyl (C=O) groups is 1. The summed E-state index contributed by atoms with van der Waals surface area (Å²) in [5.74, 6) is -0.462. The Hall–Kier alpha value is -0.650. The van der Waals surface area contributed by atoms with Crippen molar-refractivity contribution in [1.29, 1.82) is 0 Å². The summed E-state index contributed by atoms with van der Waals surface area (Å²) in [6.07, 6.45) is -2.93. The van der Waals surface area contributed by atoms with Gasteiger partial charge < -0.3 is 19.7 Å². The second kappa shape index (κ2) is 4.04. The molecule has 0 spiro atoms. The van der Waals surface area contributed by atoms with E-state index in [1.54, 1.807) is 6.92 Å². The summed E-state index contributed by atoms with van der Waals surface area (Å²) in [4.78, 5) is 10.6. The second-order valence-corrected chi connectivity index (χ2v) is 3.17. The number of esters is 1. The van der Waals surface area contributed by atoms with E-state index in [1.807, 2.05) is 0 Å². The molecule has 0 aromatic heterocycles. The van der Waals surface area contributed by atoms with Gasteiger partial charge in [0.25, 0.3) is 0 Å². The van der Waals surface area contributed by atoms with Gasteiger partial charge in [-0.1, -0.05) is 0 Å². The van der Waals surface area contributed by atoms with Crippen LogP contribution in [-0.2, 0) is 14.3 Å². The third-order valence-electron chi connectivity index (χ3n) is 1.96. The van der Waals surface area contributed by atoms with Crippen molar-refractivity contribution in [3.05, 3.63) is 0 Å². The number of hydrogen-bond donors (Lipinski definition) is 2. The van der Waals surface area contributed by atoms with Crippen molar-refractivity contribution in [2.24, 2.45) is 0 Å². The molecule has 0 aromatic carbocycles. The van der Waals surface area contributed by atoms with Gasteiger partial charge in [-0.2, -0.15) is 0 Å². The molecule has 1 unspecified atom stereocenters.